The summed E-state index contributed by atoms with van der Waals surface area (Å²) in [6, 6.07) is 0.543. The van der Waals surface area contributed by atoms with Crippen molar-refractivity contribution in [1.82, 2.24) is 5.32 Å². The molecule has 98 valence electrons. The largest absolute Gasteiger partial charge is 0.462 e. The molecule has 1 aliphatic carbocycles. The Morgan fingerprint density at radius 1 is 1.35 bits per heavy atom. The van der Waals surface area contributed by atoms with Crippen molar-refractivity contribution in [2.24, 2.45) is 5.92 Å². The zero-order valence-corrected chi connectivity index (χ0v) is 11.0. The van der Waals surface area contributed by atoms with Gasteiger partial charge in [0.25, 0.3) is 6.47 Å². The van der Waals surface area contributed by atoms with Gasteiger partial charge in [-0.15, -0.1) is 0 Å². The van der Waals surface area contributed by atoms with Crippen LogP contribution < -0.4 is 5.32 Å². The first-order chi connectivity index (χ1) is 7.94. The van der Waals surface area contributed by atoms with E-state index in [0.29, 0.717) is 24.2 Å². The van der Waals surface area contributed by atoms with Crippen molar-refractivity contribution in [3.8, 4) is 0 Å². The Kier molecular flexibility index (Phi) is 5.12. The summed E-state index contributed by atoms with van der Waals surface area (Å²) in [4.78, 5) is 20.8. The van der Waals surface area contributed by atoms with Crippen molar-refractivity contribution in [3.63, 3.8) is 0 Å². The first-order valence-electron chi connectivity index (χ1n) is 6.31. The molecule has 0 spiro atoms. The summed E-state index contributed by atoms with van der Waals surface area (Å²) in [6.45, 7) is 6.98. The maximum atomic E-state index is 11.2. The smallest absolute Gasteiger partial charge is 0.293 e. The second-order valence-electron chi connectivity index (χ2n) is 5.64. The lowest BCUT2D eigenvalue weighted by Crippen LogP contribution is -2.34. The van der Waals surface area contributed by atoms with Crippen LogP contribution in [0.1, 0.15) is 46.5 Å². The van der Waals surface area contributed by atoms with E-state index in [-0.39, 0.29) is 5.60 Å². The van der Waals surface area contributed by atoms with Crippen LogP contribution in [0.2, 0.25) is 0 Å². The molecule has 4 nitrogen and oxygen atoms in total. The van der Waals surface area contributed by atoms with Crippen LogP contribution in [-0.4, -0.2) is 30.4 Å². The van der Waals surface area contributed by atoms with Crippen LogP contribution in [-0.2, 0) is 14.3 Å². The van der Waals surface area contributed by atoms with Crippen LogP contribution in [0.3, 0.4) is 0 Å². The normalized spacial score (nSPS) is 27.8. The topological polar surface area (TPSA) is 55.4 Å². The highest BCUT2D eigenvalue weighted by molar-refractivity contribution is 5.82. The summed E-state index contributed by atoms with van der Waals surface area (Å²) >= 11 is 0. The van der Waals surface area contributed by atoms with Crippen LogP contribution in [0.25, 0.3) is 0 Å². The Balaban J connectivity index is 0.000000185. The van der Waals surface area contributed by atoms with Crippen molar-refractivity contribution in [2.45, 2.75) is 58.1 Å². The minimum atomic E-state index is -0.318. The van der Waals surface area contributed by atoms with Crippen LogP contribution >= 0.6 is 0 Å². The molecule has 1 saturated heterocycles. The van der Waals surface area contributed by atoms with Crippen molar-refractivity contribution in [3.05, 3.63) is 0 Å². The minimum absolute atomic E-state index is 0.318. The highest BCUT2D eigenvalue weighted by Gasteiger charge is 2.34. The molecule has 0 amide bonds. The Labute approximate surface area is 103 Å². The minimum Gasteiger partial charge on any atom is -0.462 e. The van der Waals surface area contributed by atoms with E-state index in [0.717, 1.165) is 25.8 Å². The predicted molar refractivity (Wildman–Crippen MR) is 65.7 cm³/mol. The standard InChI is InChI=1S/C8H13NO.C5H10O2/c10-8-3-1-2-7-6(8)4-5-9-7;1-5(2,3)7-4-6/h6-7,9H,1-5H2;4H,1-3H3/t6-,7-;/m0./s1. The average Bonchev–Trinajstić information content (AvgIpc) is 2.66. The second kappa shape index (κ2) is 6.15. The molecule has 0 bridgehead atoms. The van der Waals surface area contributed by atoms with E-state index in [2.05, 4.69) is 10.1 Å². The number of carbonyl (C=O) groups is 2. The molecule has 2 fully saturated rings. The molecule has 0 aromatic carbocycles. The van der Waals surface area contributed by atoms with Gasteiger partial charge in [-0.2, -0.15) is 0 Å². The lowest BCUT2D eigenvalue weighted by molar-refractivity contribution is -0.138. The van der Waals surface area contributed by atoms with Gasteiger partial charge in [-0.25, -0.2) is 0 Å². The molecule has 0 unspecified atom stereocenters. The lowest BCUT2D eigenvalue weighted by atomic mass is 9.84. The summed E-state index contributed by atoms with van der Waals surface area (Å²) in [5.41, 5.74) is -0.318. The monoisotopic (exact) mass is 241 g/mol. The number of ether oxygens (including phenoxy) is 1. The van der Waals surface area contributed by atoms with Gasteiger partial charge in [0, 0.05) is 18.4 Å². The third-order valence-corrected chi connectivity index (χ3v) is 3.10. The molecular formula is C13H23NO3. The summed E-state index contributed by atoms with van der Waals surface area (Å²) in [6.07, 6.45) is 4.25. The fourth-order valence-corrected chi connectivity index (χ4v) is 2.28. The molecular weight excluding hydrogens is 218 g/mol. The molecule has 1 heterocycles. The van der Waals surface area contributed by atoms with Gasteiger partial charge in [0.15, 0.2) is 0 Å². The summed E-state index contributed by atoms with van der Waals surface area (Å²) in [5.74, 6) is 0.884. The quantitative estimate of drug-likeness (QED) is 0.710. The van der Waals surface area contributed by atoms with E-state index in [1.165, 1.54) is 6.42 Å². The van der Waals surface area contributed by atoms with Gasteiger partial charge in [0.2, 0.25) is 0 Å². The predicted octanol–water partition coefficient (Wildman–Crippen LogP) is 1.68. The van der Waals surface area contributed by atoms with E-state index >= 15 is 0 Å². The molecule has 2 aliphatic rings. The van der Waals surface area contributed by atoms with Gasteiger partial charge in [-0.3, -0.25) is 9.59 Å². The van der Waals surface area contributed by atoms with Gasteiger partial charge >= 0.3 is 0 Å². The number of rotatable bonds is 1. The molecule has 2 atom stereocenters. The van der Waals surface area contributed by atoms with Crippen LogP contribution in [0.5, 0.6) is 0 Å². The van der Waals surface area contributed by atoms with E-state index in [1.54, 1.807) is 0 Å². The zero-order valence-electron chi connectivity index (χ0n) is 11.0. The molecule has 0 aromatic heterocycles. The maximum absolute atomic E-state index is 11.2. The van der Waals surface area contributed by atoms with Gasteiger partial charge < -0.3 is 10.1 Å². The molecule has 0 aromatic rings. The average molecular weight is 241 g/mol. The van der Waals surface area contributed by atoms with Crippen LogP contribution in [0.15, 0.2) is 0 Å². The molecule has 17 heavy (non-hydrogen) atoms. The molecule has 1 aliphatic heterocycles. The van der Waals surface area contributed by atoms with Gasteiger partial charge in [0.05, 0.1) is 0 Å². The van der Waals surface area contributed by atoms with Gasteiger partial charge in [-0.05, 0) is 46.6 Å². The van der Waals surface area contributed by atoms with Crippen LogP contribution in [0.4, 0.5) is 0 Å². The Hall–Kier alpha value is -0.900. The molecule has 4 heteroatoms. The zero-order chi connectivity index (χ0) is 12.9. The fraction of sp³-hybridized carbons (Fsp3) is 0.846. The van der Waals surface area contributed by atoms with Crippen molar-refractivity contribution >= 4 is 12.3 Å². The van der Waals surface area contributed by atoms with E-state index < -0.39 is 0 Å². The summed E-state index contributed by atoms with van der Waals surface area (Å²) in [7, 11) is 0. The van der Waals surface area contributed by atoms with Gasteiger partial charge in [0.1, 0.15) is 11.4 Å². The molecule has 2 rings (SSSR count). The Morgan fingerprint density at radius 3 is 2.53 bits per heavy atom. The molecule has 1 N–H and O–H groups in total. The number of hydrogen-bond acceptors (Lipinski definition) is 4. The first-order valence-corrected chi connectivity index (χ1v) is 6.31. The molecule has 1 saturated carbocycles. The first kappa shape index (κ1) is 14.2. The third kappa shape index (κ3) is 4.86. The highest BCUT2D eigenvalue weighted by Crippen LogP contribution is 2.27. The molecule has 0 radical (unpaired) electrons. The Bertz CT molecular complexity index is 270. The highest BCUT2D eigenvalue weighted by atomic mass is 16.5. The fourth-order valence-electron chi connectivity index (χ4n) is 2.28. The van der Waals surface area contributed by atoms with Crippen molar-refractivity contribution in [1.29, 1.82) is 0 Å². The van der Waals surface area contributed by atoms with Crippen molar-refractivity contribution < 1.29 is 14.3 Å². The number of hydrogen-bond donors (Lipinski definition) is 1. The third-order valence-electron chi connectivity index (χ3n) is 3.10. The van der Waals surface area contributed by atoms with E-state index in [1.807, 2.05) is 20.8 Å². The van der Waals surface area contributed by atoms with E-state index in [9.17, 15) is 9.59 Å². The van der Waals surface area contributed by atoms with Gasteiger partial charge in [-0.1, -0.05) is 0 Å². The number of Topliss-reactive ketones (excluding diaryl/α,β-unsaturated/α-hetero) is 1. The number of fused-ring (bicyclic) bond motifs is 1. The van der Waals surface area contributed by atoms with Crippen LogP contribution in [0, 0.1) is 5.92 Å². The Morgan fingerprint density at radius 2 is 2.06 bits per heavy atom. The second-order valence-corrected chi connectivity index (χ2v) is 5.64. The maximum Gasteiger partial charge on any atom is 0.293 e. The number of nitrogens with one attached hydrogen (secondary N) is 1. The summed E-state index contributed by atoms with van der Waals surface area (Å²) < 4.78 is 4.55. The summed E-state index contributed by atoms with van der Waals surface area (Å²) in [5, 5.41) is 3.37. The lowest BCUT2D eigenvalue weighted by Gasteiger charge is -2.22. The number of ketones is 1. The SMILES string of the molecule is CC(C)(C)OC=O.O=C1CCC[C@@H]2NCC[C@H]12. The van der Waals surface area contributed by atoms with Crippen molar-refractivity contribution in [2.75, 3.05) is 6.54 Å². The number of carbonyl (C=O) groups excluding carboxylic acids is 2. The van der Waals surface area contributed by atoms with E-state index in [4.69, 9.17) is 0 Å².